The number of hydrogen-bond acceptors (Lipinski definition) is 2. The number of hydrogen-bond donors (Lipinski definition) is 1. The molecule has 4 heteroatoms. The van der Waals surface area contributed by atoms with Crippen LogP contribution in [0.2, 0.25) is 0 Å². The predicted octanol–water partition coefficient (Wildman–Crippen LogP) is 2.90. The number of aromatic carboxylic acids is 1. The first kappa shape index (κ1) is 11.0. The van der Waals surface area contributed by atoms with E-state index < -0.39 is 5.97 Å². The average molecular weight is 304 g/mol. The lowest BCUT2D eigenvalue weighted by Crippen LogP contribution is -2.00. The molecule has 0 aliphatic carbocycles. The summed E-state index contributed by atoms with van der Waals surface area (Å²) in [6, 6.07) is 5.01. The van der Waals surface area contributed by atoms with Crippen molar-refractivity contribution in [2.45, 2.75) is 6.92 Å². The molecule has 0 heterocycles. The number of halogens is 1. The van der Waals surface area contributed by atoms with Crippen LogP contribution < -0.4 is 4.74 Å². The maximum atomic E-state index is 10.8. The molecule has 1 N–H and O–H groups in total. The molecule has 0 spiro atoms. The third-order valence-electron chi connectivity index (χ3n) is 1.50. The minimum atomic E-state index is -0.983. The highest BCUT2D eigenvalue weighted by Crippen LogP contribution is 2.21. The SMILES string of the molecule is C/C=C/Oc1ccc(I)cc1C(=O)O. The number of ether oxygens (including phenoxy) is 1. The molecule has 0 bridgehead atoms. The van der Waals surface area contributed by atoms with Crippen molar-refractivity contribution in [1.82, 2.24) is 0 Å². The molecule has 0 atom stereocenters. The molecule has 1 rings (SSSR count). The van der Waals surface area contributed by atoms with Crippen LogP contribution in [0.4, 0.5) is 0 Å². The molecule has 0 saturated carbocycles. The zero-order valence-electron chi connectivity index (χ0n) is 7.53. The molecule has 0 fully saturated rings. The van der Waals surface area contributed by atoms with E-state index in [1.165, 1.54) is 6.26 Å². The first-order chi connectivity index (χ1) is 6.65. The van der Waals surface area contributed by atoms with E-state index in [0.29, 0.717) is 5.75 Å². The standard InChI is InChI=1S/C10H9IO3/c1-2-5-14-9-4-3-7(11)6-8(9)10(12)13/h2-6H,1H3,(H,12,13)/b5-2+. The predicted molar refractivity (Wildman–Crippen MR) is 61.6 cm³/mol. The molecule has 0 aliphatic heterocycles. The second-order valence-electron chi connectivity index (χ2n) is 2.53. The quantitative estimate of drug-likeness (QED) is 0.690. The molecule has 0 amide bonds. The van der Waals surface area contributed by atoms with Gasteiger partial charge < -0.3 is 9.84 Å². The molecular formula is C10H9IO3. The highest BCUT2D eigenvalue weighted by Gasteiger charge is 2.10. The van der Waals surface area contributed by atoms with Crippen molar-refractivity contribution in [1.29, 1.82) is 0 Å². The molecule has 1 aromatic carbocycles. The van der Waals surface area contributed by atoms with Crippen LogP contribution in [0.3, 0.4) is 0 Å². The zero-order chi connectivity index (χ0) is 10.6. The van der Waals surface area contributed by atoms with Crippen LogP contribution >= 0.6 is 22.6 Å². The smallest absolute Gasteiger partial charge is 0.339 e. The molecule has 3 nitrogen and oxygen atoms in total. The second kappa shape index (κ2) is 4.99. The van der Waals surface area contributed by atoms with Gasteiger partial charge in [0.05, 0.1) is 6.26 Å². The van der Waals surface area contributed by atoms with Crippen LogP contribution in [0.15, 0.2) is 30.5 Å². The van der Waals surface area contributed by atoms with Crippen LogP contribution in [0, 0.1) is 3.57 Å². The minimum Gasteiger partial charge on any atom is -0.478 e. The number of allylic oxidation sites excluding steroid dienone is 1. The number of rotatable bonds is 3. The van der Waals surface area contributed by atoms with E-state index in [9.17, 15) is 4.79 Å². The Hall–Kier alpha value is -1.04. The number of carboxylic acids is 1. The van der Waals surface area contributed by atoms with E-state index in [4.69, 9.17) is 9.84 Å². The molecule has 0 saturated heterocycles. The van der Waals surface area contributed by atoms with Crippen molar-refractivity contribution in [3.8, 4) is 5.75 Å². The lowest BCUT2D eigenvalue weighted by molar-refractivity contribution is 0.0694. The molecular weight excluding hydrogens is 295 g/mol. The van der Waals surface area contributed by atoms with Gasteiger partial charge in [0.2, 0.25) is 0 Å². The highest BCUT2D eigenvalue weighted by atomic mass is 127. The van der Waals surface area contributed by atoms with Crippen molar-refractivity contribution in [2.24, 2.45) is 0 Å². The topological polar surface area (TPSA) is 46.5 Å². The van der Waals surface area contributed by atoms with E-state index >= 15 is 0 Å². The zero-order valence-corrected chi connectivity index (χ0v) is 9.69. The maximum Gasteiger partial charge on any atom is 0.339 e. The minimum absolute atomic E-state index is 0.176. The van der Waals surface area contributed by atoms with E-state index in [1.54, 1.807) is 31.2 Å². The Balaban J connectivity index is 3.08. The third-order valence-corrected chi connectivity index (χ3v) is 2.17. The summed E-state index contributed by atoms with van der Waals surface area (Å²) >= 11 is 2.06. The van der Waals surface area contributed by atoms with Gasteiger partial charge in [0, 0.05) is 3.57 Å². The summed E-state index contributed by atoms with van der Waals surface area (Å²) in [6.07, 6.45) is 3.15. The highest BCUT2D eigenvalue weighted by molar-refractivity contribution is 14.1. The van der Waals surface area contributed by atoms with Crippen LogP contribution in [-0.2, 0) is 0 Å². The van der Waals surface area contributed by atoms with Crippen molar-refractivity contribution >= 4 is 28.6 Å². The van der Waals surface area contributed by atoms with E-state index in [0.717, 1.165) is 3.57 Å². The first-order valence-electron chi connectivity index (χ1n) is 3.96. The van der Waals surface area contributed by atoms with Gasteiger partial charge in [-0.05, 0) is 47.7 Å². The first-order valence-corrected chi connectivity index (χ1v) is 5.03. The van der Waals surface area contributed by atoms with Crippen LogP contribution in [0.5, 0.6) is 5.75 Å². The molecule has 1 aromatic rings. The van der Waals surface area contributed by atoms with Gasteiger partial charge in [0.15, 0.2) is 0 Å². The Kier molecular flexibility index (Phi) is 3.94. The summed E-state index contributed by atoms with van der Waals surface area (Å²) < 4.78 is 6.01. The largest absolute Gasteiger partial charge is 0.478 e. The normalized spacial score (nSPS) is 10.4. The summed E-state index contributed by atoms with van der Waals surface area (Å²) in [6.45, 7) is 1.80. The van der Waals surface area contributed by atoms with Gasteiger partial charge in [-0.25, -0.2) is 4.79 Å². The van der Waals surface area contributed by atoms with Gasteiger partial charge in [-0.3, -0.25) is 0 Å². The summed E-state index contributed by atoms with van der Waals surface area (Å²) in [5.41, 5.74) is 0.176. The van der Waals surface area contributed by atoms with Crippen LogP contribution in [-0.4, -0.2) is 11.1 Å². The molecule has 0 radical (unpaired) electrons. The van der Waals surface area contributed by atoms with Gasteiger partial charge in [0.25, 0.3) is 0 Å². The fourth-order valence-corrected chi connectivity index (χ4v) is 1.40. The molecule has 14 heavy (non-hydrogen) atoms. The summed E-state index contributed by atoms with van der Waals surface area (Å²) in [7, 11) is 0. The Labute approximate surface area is 95.5 Å². The van der Waals surface area contributed by atoms with Crippen molar-refractivity contribution in [3.63, 3.8) is 0 Å². The van der Waals surface area contributed by atoms with Gasteiger partial charge in [-0.1, -0.05) is 6.08 Å². The average Bonchev–Trinajstić information content (AvgIpc) is 2.15. The maximum absolute atomic E-state index is 10.8. The summed E-state index contributed by atoms with van der Waals surface area (Å²) in [5.74, 6) is -0.626. The number of carbonyl (C=O) groups is 1. The second-order valence-corrected chi connectivity index (χ2v) is 3.78. The molecule has 0 aliphatic rings. The fraction of sp³-hybridized carbons (Fsp3) is 0.100. The van der Waals surface area contributed by atoms with Crippen molar-refractivity contribution in [3.05, 3.63) is 39.7 Å². The lowest BCUT2D eigenvalue weighted by Gasteiger charge is -2.04. The Morgan fingerprint density at radius 1 is 1.57 bits per heavy atom. The van der Waals surface area contributed by atoms with Crippen molar-refractivity contribution < 1.29 is 14.6 Å². The van der Waals surface area contributed by atoms with Crippen LogP contribution in [0.1, 0.15) is 17.3 Å². The molecule has 0 unspecified atom stereocenters. The van der Waals surface area contributed by atoms with E-state index in [-0.39, 0.29) is 5.56 Å². The van der Waals surface area contributed by atoms with Gasteiger partial charge in [-0.2, -0.15) is 0 Å². The van der Waals surface area contributed by atoms with Crippen LogP contribution in [0.25, 0.3) is 0 Å². The number of carboxylic acid groups (broad SMARTS) is 1. The molecule has 0 aromatic heterocycles. The van der Waals surface area contributed by atoms with Gasteiger partial charge in [-0.15, -0.1) is 0 Å². The van der Waals surface area contributed by atoms with E-state index in [2.05, 4.69) is 22.6 Å². The lowest BCUT2D eigenvalue weighted by atomic mass is 10.2. The third kappa shape index (κ3) is 2.73. The van der Waals surface area contributed by atoms with Crippen molar-refractivity contribution in [2.75, 3.05) is 0 Å². The Morgan fingerprint density at radius 2 is 2.29 bits per heavy atom. The van der Waals surface area contributed by atoms with Gasteiger partial charge in [0.1, 0.15) is 11.3 Å². The summed E-state index contributed by atoms with van der Waals surface area (Å²) in [5, 5.41) is 8.88. The Bertz CT molecular complexity index is 372. The Morgan fingerprint density at radius 3 is 2.86 bits per heavy atom. The van der Waals surface area contributed by atoms with E-state index in [1.807, 2.05) is 0 Å². The number of benzene rings is 1. The molecule has 74 valence electrons. The fourth-order valence-electron chi connectivity index (χ4n) is 0.913. The van der Waals surface area contributed by atoms with Gasteiger partial charge >= 0.3 is 5.97 Å². The summed E-state index contributed by atoms with van der Waals surface area (Å²) in [4.78, 5) is 10.8. The monoisotopic (exact) mass is 304 g/mol.